The Labute approximate surface area is 165 Å². The molecular formula is C21H28N4O3. The summed E-state index contributed by atoms with van der Waals surface area (Å²) in [6, 6.07) is 10.4. The van der Waals surface area contributed by atoms with Crippen molar-refractivity contribution in [3.05, 3.63) is 57.5 Å². The molecule has 0 amide bonds. The van der Waals surface area contributed by atoms with E-state index in [1.54, 1.807) is 6.92 Å². The van der Waals surface area contributed by atoms with Crippen molar-refractivity contribution in [2.45, 2.75) is 33.2 Å². The summed E-state index contributed by atoms with van der Waals surface area (Å²) in [4.78, 5) is 36.1. The van der Waals surface area contributed by atoms with E-state index >= 15 is 0 Å². The molecule has 150 valence electrons. The number of anilines is 1. The van der Waals surface area contributed by atoms with Crippen LogP contribution in [0.5, 0.6) is 0 Å². The summed E-state index contributed by atoms with van der Waals surface area (Å²) in [5.41, 5.74) is 2.37. The first-order valence-corrected chi connectivity index (χ1v) is 9.83. The second-order valence-electron chi connectivity index (χ2n) is 7.01. The monoisotopic (exact) mass is 384 g/mol. The maximum atomic E-state index is 12.5. The molecule has 1 N–H and O–H groups in total. The fourth-order valence-electron chi connectivity index (χ4n) is 3.46. The Bertz CT molecular complexity index is 842. The minimum atomic E-state index is -0.292. The molecule has 1 aliphatic heterocycles. The number of carbonyl (C=O) groups excluding carboxylic acids is 1. The Morgan fingerprint density at radius 3 is 2.54 bits per heavy atom. The van der Waals surface area contributed by atoms with Gasteiger partial charge in [0.05, 0.1) is 6.61 Å². The van der Waals surface area contributed by atoms with Crippen molar-refractivity contribution in [3.63, 3.8) is 0 Å². The fraction of sp³-hybridized carbons (Fsp3) is 0.476. The molecule has 3 rings (SSSR count). The Balaban J connectivity index is 1.59. The van der Waals surface area contributed by atoms with Gasteiger partial charge in [-0.05, 0) is 25.8 Å². The predicted octanol–water partition coefficient (Wildman–Crippen LogP) is 1.90. The molecule has 1 aromatic carbocycles. The van der Waals surface area contributed by atoms with Gasteiger partial charge in [0.15, 0.2) is 0 Å². The largest absolute Gasteiger partial charge is 0.466 e. The maximum absolute atomic E-state index is 12.5. The van der Waals surface area contributed by atoms with Gasteiger partial charge >= 0.3 is 5.97 Å². The Kier molecular flexibility index (Phi) is 6.81. The molecule has 0 saturated carbocycles. The van der Waals surface area contributed by atoms with Crippen LogP contribution in [0.1, 0.15) is 30.2 Å². The molecule has 2 heterocycles. The highest BCUT2D eigenvalue weighted by atomic mass is 16.5. The van der Waals surface area contributed by atoms with Crippen LogP contribution in [0.25, 0.3) is 0 Å². The van der Waals surface area contributed by atoms with Crippen LogP contribution in [0.15, 0.2) is 35.1 Å². The zero-order chi connectivity index (χ0) is 19.9. The first-order valence-electron chi connectivity index (χ1n) is 9.83. The second-order valence-corrected chi connectivity index (χ2v) is 7.01. The zero-order valence-corrected chi connectivity index (χ0v) is 16.6. The summed E-state index contributed by atoms with van der Waals surface area (Å²) in [5.74, 6) is 0.321. The van der Waals surface area contributed by atoms with Gasteiger partial charge in [0, 0.05) is 50.4 Å². The number of aryl methyl sites for hydroxylation is 1. The zero-order valence-electron chi connectivity index (χ0n) is 16.6. The van der Waals surface area contributed by atoms with Crippen molar-refractivity contribution in [1.82, 2.24) is 14.9 Å². The Morgan fingerprint density at radius 1 is 1.18 bits per heavy atom. The lowest BCUT2D eigenvalue weighted by molar-refractivity contribution is -0.143. The number of piperazine rings is 1. The number of nitrogens with zero attached hydrogens (tertiary/aromatic N) is 3. The van der Waals surface area contributed by atoms with Crippen LogP contribution in [0.2, 0.25) is 0 Å². The minimum absolute atomic E-state index is 0.168. The van der Waals surface area contributed by atoms with Gasteiger partial charge < -0.3 is 9.64 Å². The fourth-order valence-corrected chi connectivity index (χ4v) is 3.46. The molecule has 2 aromatic rings. The van der Waals surface area contributed by atoms with Gasteiger partial charge in [-0.3, -0.25) is 19.5 Å². The predicted molar refractivity (Wildman–Crippen MR) is 108 cm³/mol. The van der Waals surface area contributed by atoms with E-state index in [-0.39, 0.29) is 17.9 Å². The van der Waals surface area contributed by atoms with Crippen molar-refractivity contribution in [3.8, 4) is 0 Å². The van der Waals surface area contributed by atoms with Gasteiger partial charge in [-0.2, -0.15) is 0 Å². The van der Waals surface area contributed by atoms with E-state index in [1.807, 2.05) is 13.0 Å². The average Bonchev–Trinajstić information content (AvgIpc) is 2.69. The lowest BCUT2D eigenvalue weighted by Crippen LogP contribution is -2.47. The standard InChI is InChI=1S/C21H28N4O3/c1-3-28-19(26)10-9-18-16(2)22-21(23-20(18)27)25-13-11-24(12-14-25)15-17-7-5-4-6-8-17/h4-8H,3,9-15H2,1-2H3,(H,22,23,27). The molecule has 0 unspecified atom stereocenters. The van der Waals surface area contributed by atoms with Crippen molar-refractivity contribution >= 4 is 11.9 Å². The third-order valence-electron chi connectivity index (χ3n) is 5.02. The SMILES string of the molecule is CCOC(=O)CCc1c(C)nc(N2CCN(Cc3ccccc3)CC2)[nH]c1=O. The molecule has 7 heteroatoms. The molecule has 1 saturated heterocycles. The van der Waals surface area contributed by atoms with Crippen LogP contribution in [-0.4, -0.2) is 53.6 Å². The molecule has 0 radical (unpaired) electrons. The first-order chi connectivity index (χ1) is 13.6. The van der Waals surface area contributed by atoms with Gasteiger partial charge in [0.1, 0.15) is 0 Å². The van der Waals surface area contributed by atoms with Crippen LogP contribution in [0.3, 0.4) is 0 Å². The number of rotatable bonds is 7. The molecule has 0 bridgehead atoms. The number of benzene rings is 1. The number of H-pyrrole nitrogens is 1. The summed E-state index contributed by atoms with van der Waals surface area (Å²) >= 11 is 0. The molecule has 7 nitrogen and oxygen atoms in total. The van der Waals surface area contributed by atoms with Gasteiger partial charge in [0.2, 0.25) is 5.95 Å². The number of aromatic amines is 1. The maximum Gasteiger partial charge on any atom is 0.306 e. The van der Waals surface area contributed by atoms with Crippen molar-refractivity contribution in [2.75, 3.05) is 37.7 Å². The molecule has 0 aliphatic carbocycles. The number of aromatic nitrogens is 2. The number of hydrogen-bond acceptors (Lipinski definition) is 6. The van der Waals surface area contributed by atoms with Crippen molar-refractivity contribution in [2.24, 2.45) is 0 Å². The topological polar surface area (TPSA) is 78.5 Å². The van der Waals surface area contributed by atoms with E-state index in [4.69, 9.17) is 4.74 Å². The van der Waals surface area contributed by atoms with Crippen LogP contribution in [-0.2, 0) is 22.5 Å². The molecule has 0 spiro atoms. The number of ether oxygens (including phenoxy) is 1. The first kappa shape index (κ1) is 20.1. The lowest BCUT2D eigenvalue weighted by atomic mass is 10.1. The van der Waals surface area contributed by atoms with Crippen LogP contribution in [0.4, 0.5) is 5.95 Å². The number of carbonyl (C=O) groups is 1. The summed E-state index contributed by atoms with van der Waals surface area (Å²) in [6.45, 7) is 8.35. The number of nitrogens with one attached hydrogen (secondary N) is 1. The third kappa shape index (κ3) is 5.19. The van der Waals surface area contributed by atoms with Gasteiger partial charge in [0.25, 0.3) is 5.56 Å². The Hall–Kier alpha value is -2.67. The lowest BCUT2D eigenvalue weighted by Gasteiger charge is -2.35. The molecular weight excluding hydrogens is 356 g/mol. The summed E-state index contributed by atoms with van der Waals surface area (Å²) in [7, 11) is 0. The Morgan fingerprint density at radius 2 is 1.89 bits per heavy atom. The number of hydrogen-bond donors (Lipinski definition) is 1. The van der Waals surface area contributed by atoms with E-state index < -0.39 is 0 Å². The summed E-state index contributed by atoms with van der Waals surface area (Å²) in [6.07, 6.45) is 0.537. The van der Waals surface area contributed by atoms with E-state index in [9.17, 15) is 9.59 Å². The summed E-state index contributed by atoms with van der Waals surface area (Å²) < 4.78 is 4.93. The second kappa shape index (κ2) is 9.50. The van der Waals surface area contributed by atoms with E-state index in [1.165, 1.54) is 5.56 Å². The highest BCUT2D eigenvalue weighted by molar-refractivity contribution is 5.69. The van der Waals surface area contributed by atoms with Crippen LogP contribution < -0.4 is 10.5 Å². The van der Waals surface area contributed by atoms with E-state index in [0.717, 1.165) is 32.7 Å². The normalized spacial score (nSPS) is 14.9. The van der Waals surface area contributed by atoms with E-state index in [0.29, 0.717) is 30.2 Å². The molecule has 1 aromatic heterocycles. The van der Waals surface area contributed by atoms with E-state index in [2.05, 4.69) is 44.0 Å². The van der Waals surface area contributed by atoms with Crippen LogP contribution >= 0.6 is 0 Å². The van der Waals surface area contributed by atoms with Gasteiger partial charge in [-0.15, -0.1) is 0 Å². The minimum Gasteiger partial charge on any atom is -0.466 e. The van der Waals surface area contributed by atoms with Gasteiger partial charge in [-0.1, -0.05) is 30.3 Å². The van der Waals surface area contributed by atoms with Crippen molar-refractivity contribution in [1.29, 1.82) is 0 Å². The van der Waals surface area contributed by atoms with Crippen LogP contribution in [0, 0.1) is 6.92 Å². The number of esters is 1. The van der Waals surface area contributed by atoms with Crippen molar-refractivity contribution < 1.29 is 9.53 Å². The highest BCUT2D eigenvalue weighted by Gasteiger charge is 2.20. The summed E-state index contributed by atoms with van der Waals surface area (Å²) in [5, 5.41) is 0. The van der Waals surface area contributed by atoms with Gasteiger partial charge in [-0.25, -0.2) is 4.98 Å². The molecule has 28 heavy (non-hydrogen) atoms. The smallest absolute Gasteiger partial charge is 0.306 e. The average molecular weight is 384 g/mol. The molecule has 0 atom stereocenters. The quantitative estimate of drug-likeness (QED) is 0.735. The highest BCUT2D eigenvalue weighted by Crippen LogP contribution is 2.14. The molecule has 1 fully saturated rings. The third-order valence-corrected chi connectivity index (χ3v) is 5.02. The molecule has 1 aliphatic rings.